The van der Waals surface area contributed by atoms with E-state index in [-0.39, 0.29) is 11.2 Å². The Morgan fingerprint density at radius 1 is 1.54 bits per heavy atom. The number of Topliss-reactive ketones (excluding diaryl/α,β-unsaturated/α-hetero) is 1. The molecule has 0 aliphatic heterocycles. The van der Waals surface area contributed by atoms with Gasteiger partial charge in [-0.3, -0.25) is 4.79 Å². The number of hydrogen-bond donors (Lipinski definition) is 0. The van der Waals surface area contributed by atoms with Crippen molar-refractivity contribution >= 4 is 17.1 Å². The summed E-state index contributed by atoms with van der Waals surface area (Å²) in [4.78, 5) is 12.9. The summed E-state index contributed by atoms with van der Waals surface area (Å²) in [5.41, 5.74) is 0.895. The van der Waals surface area contributed by atoms with E-state index >= 15 is 0 Å². The average Bonchev–Trinajstić information content (AvgIpc) is 2.50. The first-order chi connectivity index (χ1) is 5.99. The van der Waals surface area contributed by atoms with Crippen molar-refractivity contribution in [3.8, 4) is 0 Å². The van der Waals surface area contributed by atoms with Gasteiger partial charge < -0.3 is 0 Å². The predicted molar refractivity (Wildman–Crippen MR) is 57.5 cm³/mol. The zero-order valence-corrected chi connectivity index (χ0v) is 9.49. The molecule has 0 fully saturated rings. The maximum Gasteiger partial charge on any atom is 0.178 e. The minimum absolute atomic E-state index is 0.213. The fraction of sp³-hybridized carbons (Fsp3) is 0.545. The van der Waals surface area contributed by atoms with Gasteiger partial charge in [0.15, 0.2) is 5.78 Å². The van der Waals surface area contributed by atoms with Gasteiger partial charge in [0.25, 0.3) is 0 Å². The lowest BCUT2D eigenvalue weighted by atomic mass is 9.84. The molecule has 72 valence electrons. The largest absolute Gasteiger partial charge is 0.293 e. The Labute approximate surface area is 83.8 Å². The van der Waals surface area contributed by atoms with Crippen molar-refractivity contribution in [2.45, 2.75) is 34.1 Å². The average molecular weight is 196 g/mol. The van der Waals surface area contributed by atoms with Crippen molar-refractivity contribution in [1.82, 2.24) is 0 Å². The van der Waals surface area contributed by atoms with Crippen LogP contribution in [0.2, 0.25) is 0 Å². The first-order valence-corrected chi connectivity index (χ1v) is 5.46. The number of carbonyl (C=O) groups is 1. The maximum absolute atomic E-state index is 12.0. The van der Waals surface area contributed by atoms with Crippen molar-refractivity contribution in [2.75, 3.05) is 0 Å². The van der Waals surface area contributed by atoms with Crippen molar-refractivity contribution < 1.29 is 4.79 Å². The first-order valence-electron chi connectivity index (χ1n) is 4.58. The molecule has 1 rings (SSSR count). The van der Waals surface area contributed by atoms with Crippen LogP contribution in [-0.2, 0) is 0 Å². The maximum atomic E-state index is 12.0. The van der Waals surface area contributed by atoms with Gasteiger partial charge >= 0.3 is 0 Å². The van der Waals surface area contributed by atoms with Crippen LogP contribution in [0.5, 0.6) is 0 Å². The molecule has 0 amide bonds. The monoisotopic (exact) mass is 196 g/mol. The lowest BCUT2D eigenvalue weighted by molar-refractivity contribution is 0.0837. The van der Waals surface area contributed by atoms with Gasteiger partial charge in [0.05, 0.1) is 4.88 Å². The van der Waals surface area contributed by atoms with Gasteiger partial charge in [-0.15, -0.1) is 11.3 Å². The second-order valence-electron chi connectivity index (χ2n) is 4.00. The molecule has 13 heavy (non-hydrogen) atoms. The fourth-order valence-electron chi connectivity index (χ4n) is 1.07. The van der Waals surface area contributed by atoms with Gasteiger partial charge in [0, 0.05) is 5.41 Å². The molecule has 0 unspecified atom stereocenters. The lowest BCUT2D eigenvalue weighted by Crippen LogP contribution is -2.22. The summed E-state index contributed by atoms with van der Waals surface area (Å²) < 4.78 is 0. The highest BCUT2D eigenvalue weighted by Gasteiger charge is 2.28. The number of hydrogen-bond acceptors (Lipinski definition) is 2. The van der Waals surface area contributed by atoms with Crippen molar-refractivity contribution in [3.63, 3.8) is 0 Å². The molecule has 1 nitrogen and oxygen atoms in total. The van der Waals surface area contributed by atoms with Crippen LogP contribution < -0.4 is 0 Å². The third-order valence-corrected chi connectivity index (χ3v) is 3.58. The third-order valence-electron chi connectivity index (χ3n) is 2.57. The molecule has 0 saturated heterocycles. The van der Waals surface area contributed by atoms with Crippen LogP contribution in [0.15, 0.2) is 11.4 Å². The van der Waals surface area contributed by atoms with Crippen LogP contribution in [0.1, 0.15) is 42.4 Å². The van der Waals surface area contributed by atoms with Gasteiger partial charge in [0.1, 0.15) is 0 Å². The molecule has 1 aromatic rings. The molecule has 1 heterocycles. The predicted octanol–water partition coefficient (Wildman–Crippen LogP) is 3.68. The van der Waals surface area contributed by atoms with Crippen molar-refractivity contribution in [1.29, 1.82) is 0 Å². The van der Waals surface area contributed by atoms with Gasteiger partial charge in [-0.05, 0) is 30.4 Å². The van der Waals surface area contributed by atoms with E-state index in [2.05, 4.69) is 6.92 Å². The van der Waals surface area contributed by atoms with Crippen LogP contribution >= 0.6 is 11.3 Å². The Morgan fingerprint density at radius 3 is 2.54 bits per heavy atom. The van der Waals surface area contributed by atoms with Gasteiger partial charge in [0.2, 0.25) is 0 Å². The Morgan fingerprint density at radius 2 is 2.15 bits per heavy atom. The Bertz CT molecular complexity index is 310. The first kappa shape index (κ1) is 10.5. The van der Waals surface area contributed by atoms with Gasteiger partial charge in [-0.25, -0.2) is 0 Å². The molecule has 0 N–H and O–H groups in total. The van der Waals surface area contributed by atoms with E-state index in [1.54, 1.807) is 11.3 Å². The topological polar surface area (TPSA) is 17.1 Å². The molecular formula is C11H16OS. The highest BCUT2D eigenvalue weighted by molar-refractivity contribution is 7.12. The summed E-state index contributed by atoms with van der Waals surface area (Å²) in [5.74, 6) is 0.280. The Kier molecular flexibility index (Phi) is 2.91. The Balaban J connectivity index is 2.98. The molecule has 0 atom stereocenters. The quantitative estimate of drug-likeness (QED) is 0.674. The minimum atomic E-state index is -0.213. The molecule has 0 aliphatic rings. The second kappa shape index (κ2) is 3.62. The standard InChI is InChI=1S/C11H16OS/c1-5-11(3,4)10(12)9-8(2)6-7-13-9/h6-7H,5H2,1-4H3. The summed E-state index contributed by atoms with van der Waals surface area (Å²) in [6, 6.07) is 2.00. The summed E-state index contributed by atoms with van der Waals surface area (Å²) in [6.45, 7) is 8.07. The normalized spacial score (nSPS) is 11.7. The number of thiophene rings is 1. The van der Waals surface area contributed by atoms with Crippen LogP contribution in [0.4, 0.5) is 0 Å². The van der Waals surface area contributed by atoms with E-state index < -0.39 is 0 Å². The van der Waals surface area contributed by atoms with Gasteiger partial charge in [-0.1, -0.05) is 20.8 Å². The van der Waals surface area contributed by atoms with E-state index in [1.165, 1.54) is 0 Å². The summed E-state index contributed by atoms with van der Waals surface area (Å²) in [6.07, 6.45) is 0.892. The highest BCUT2D eigenvalue weighted by atomic mass is 32.1. The number of ketones is 1. The molecule has 0 radical (unpaired) electrons. The van der Waals surface area contributed by atoms with Crippen LogP contribution in [0, 0.1) is 12.3 Å². The van der Waals surface area contributed by atoms with E-state index in [4.69, 9.17) is 0 Å². The summed E-state index contributed by atoms with van der Waals surface area (Å²) in [7, 11) is 0. The van der Waals surface area contributed by atoms with Crippen molar-refractivity contribution in [3.05, 3.63) is 21.9 Å². The molecule has 1 aromatic heterocycles. The SMILES string of the molecule is CCC(C)(C)C(=O)c1sccc1C. The molecule has 0 saturated carbocycles. The molecule has 0 spiro atoms. The van der Waals surface area contributed by atoms with E-state index in [0.29, 0.717) is 0 Å². The van der Waals surface area contributed by atoms with Crippen LogP contribution in [-0.4, -0.2) is 5.78 Å². The lowest BCUT2D eigenvalue weighted by Gasteiger charge is -2.20. The minimum Gasteiger partial charge on any atom is -0.293 e. The van der Waals surface area contributed by atoms with E-state index in [1.807, 2.05) is 32.2 Å². The van der Waals surface area contributed by atoms with Crippen LogP contribution in [0.3, 0.4) is 0 Å². The second-order valence-corrected chi connectivity index (χ2v) is 4.92. The summed E-state index contributed by atoms with van der Waals surface area (Å²) in [5, 5.41) is 1.98. The molecular weight excluding hydrogens is 180 g/mol. The number of carbonyl (C=O) groups excluding carboxylic acids is 1. The smallest absolute Gasteiger partial charge is 0.178 e. The number of aryl methyl sites for hydroxylation is 1. The van der Waals surface area contributed by atoms with Gasteiger partial charge in [-0.2, -0.15) is 0 Å². The molecule has 0 bridgehead atoms. The zero-order valence-electron chi connectivity index (χ0n) is 8.68. The fourth-order valence-corrected chi connectivity index (χ4v) is 2.12. The third kappa shape index (κ3) is 1.99. The highest BCUT2D eigenvalue weighted by Crippen LogP contribution is 2.29. The summed E-state index contributed by atoms with van der Waals surface area (Å²) >= 11 is 1.55. The molecule has 2 heteroatoms. The Hall–Kier alpha value is -0.630. The number of rotatable bonds is 3. The van der Waals surface area contributed by atoms with Crippen LogP contribution in [0.25, 0.3) is 0 Å². The van der Waals surface area contributed by atoms with E-state index in [0.717, 1.165) is 16.9 Å². The zero-order chi connectivity index (χ0) is 10.1. The molecule has 0 aromatic carbocycles. The van der Waals surface area contributed by atoms with E-state index in [9.17, 15) is 4.79 Å². The molecule has 0 aliphatic carbocycles. The van der Waals surface area contributed by atoms with Crippen molar-refractivity contribution in [2.24, 2.45) is 5.41 Å².